The average molecular weight is 460 g/mol. The third-order valence-electron chi connectivity index (χ3n) is 5.35. The van der Waals surface area contributed by atoms with Crippen LogP contribution in [0.4, 0.5) is 30.4 Å². The van der Waals surface area contributed by atoms with E-state index in [1.54, 1.807) is 17.0 Å². The topological polar surface area (TPSA) is 102 Å². The van der Waals surface area contributed by atoms with Gasteiger partial charge in [-0.2, -0.15) is 23.1 Å². The summed E-state index contributed by atoms with van der Waals surface area (Å²) in [6.07, 6.45) is -2.97. The molecule has 1 fully saturated rings. The molecule has 5 rings (SSSR count). The first kappa shape index (κ1) is 21.2. The Bertz CT molecular complexity index is 1220. The molecular formula is C21H19F3N6O3. The summed E-state index contributed by atoms with van der Waals surface area (Å²) in [5.41, 5.74) is 0.558. The van der Waals surface area contributed by atoms with Crippen LogP contribution in [-0.2, 0) is 22.3 Å². The van der Waals surface area contributed by atoms with E-state index in [1.807, 2.05) is 0 Å². The SMILES string of the molecule is O=C1COCCN1c1cnc2nc3nc(c2c1)NCc1cccc(C(F)(F)F)c1NCCO3. The van der Waals surface area contributed by atoms with Gasteiger partial charge in [-0.3, -0.25) is 4.79 Å². The highest BCUT2D eigenvalue weighted by molar-refractivity contribution is 5.98. The van der Waals surface area contributed by atoms with Crippen LogP contribution in [0.1, 0.15) is 11.1 Å². The number of benzene rings is 1. The minimum absolute atomic E-state index is 0.00824. The molecule has 2 aromatic heterocycles. The predicted octanol–water partition coefficient (Wildman–Crippen LogP) is 2.82. The van der Waals surface area contributed by atoms with Crippen molar-refractivity contribution in [3.05, 3.63) is 41.6 Å². The van der Waals surface area contributed by atoms with Gasteiger partial charge >= 0.3 is 12.2 Å². The molecule has 9 nitrogen and oxygen atoms in total. The molecule has 3 aromatic rings. The summed E-state index contributed by atoms with van der Waals surface area (Å²) in [5.74, 6) is 0.152. The molecule has 1 aromatic carbocycles. The number of halogens is 3. The van der Waals surface area contributed by atoms with E-state index in [0.29, 0.717) is 41.3 Å². The van der Waals surface area contributed by atoms with E-state index < -0.39 is 11.7 Å². The van der Waals surface area contributed by atoms with Gasteiger partial charge in [0.05, 0.1) is 35.1 Å². The molecule has 0 aliphatic carbocycles. The van der Waals surface area contributed by atoms with E-state index in [-0.39, 0.29) is 43.9 Å². The second-order valence-electron chi connectivity index (χ2n) is 7.48. The van der Waals surface area contributed by atoms with Gasteiger partial charge in [-0.15, -0.1) is 0 Å². The predicted molar refractivity (Wildman–Crippen MR) is 113 cm³/mol. The summed E-state index contributed by atoms with van der Waals surface area (Å²) in [4.78, 5) is 26.8. The molecule has 2 aliphatic heterocycles. The number of ether oxygens (including phenoxy) is 2. The number of anilines is 3. The number of fused-ring (bicyclic) bond motifs is 5. The van der Waals surface area contributed by atoms with Crippen molar-refractivity contribution in [3.63, 3.8) is 0 Å². The van der Waals surface area contributed by atoms with Crippen LogP contribution in [0.2, 0.25) is 0 Å². The van der Waals surface area contributed by atoms with Crippen LogP contribution in [0.25, 0.3) is 11.0 Å². The number of morpholine rings is 1. The van der Waals surface area contributed by atoms with E-state index in [9.17, 15) is 18.0 Å². The largest absolute Gasteiger partial charge is 0.461 e. The molecule has 172 valence electrons. The van der Waals surface area contributed by atoms with Crippen LogP contribution in [0, 0.1) is 0 Å². The Kier molecular flexibility index (Phi) is 5.36. The standard InChI is InChI=1S/C21H19F3N6O3/c22-21(23,24)15-3-1-2-12-9-26-18-14-8-13(30-5-7-32-11-16(30)31)10-27-19(14)29-20(28-18)33-6-4-25-17(12)15/h1-3,8,10,25H,4-7,9,11H2,(H,26,27,28,29). The number of pyridine rings is 1. The first-order valence-electron chi connectivity index (χ1n) is 10.3. The van der Waals surface area contributed by atoms with Crippen molar-refractivity contribution < 1.29 is 27.4 Å². The molecule has 1 saturated heterocycles. The number of para-hydroxylation sites is 1. The lowest BCUT2D eigenvalue weighted by Crippen LogP contribution is -2.41. The maximum Gasteiger partial charge on any atom is 0.418 e. The highest BCUT2D eigenvalue weighted by Gasteiger charge is 2.34. The summed E-state index contributed by atoms with van der Waals surface area (Å²) in [6.45, 7) is 1.02. The van der Waals surface area contributed by atoms with Crippen molar-refractivity contribution in [1.82, 2.24) is 15.0 Å². The van der Waals surface area contributed by atoms with Gasteiger partial charge in [0.15, 0.2) is 5.65 Å². The molecule has 0 radical (unpaired) electrons. The van der Waals surface area contributed by atoms with Crippen molar-refractivity contribution >= 4 is 34.1 Å². The Morgan fingerprint density at radius 3 is 2.82 bits per heavy atom. The highest BCUT2D eigenvalue weighted by atomic mass is 19.4. The molecule has 2 bridgehead atoms. The number of aromatic nitrogens is 3. The lowest BCUT2D eigenvalue weighted by molar-refractivity contribution is -0.137. The Morgan fingerprint density at radius 1 is 1.12 bits per heavy atom. The maximum absolute atomic E-state index is 13.6. The fourth-order valence-corrected chi connectivity index (χ4v) is 3.81. The fraction of sp³-hybridized carbons (Fsp3) is 0.333. The normalized spacial score (nSPS) is 16.8. The van der Waals surface area contributed by atoms with Gasteiger partial charge in [0, 0.05) is 19.6 Å². The minimum atomic E-state index is -4.51. The van der Waals surface area contributed by atoms with E-state index in [4.69, 9.17) is 9.47 Å². The minimum Gasteiger partial charge on any atom is -0.461 e. The highest BCUT2D eigenvalue weighted by Crippen LogP contribution is 2.37. The quantitative estimate of drug-likeness (QED) is 0.572. The van der Waals surface area contributed by atoms with Crippen molar-refractivity contribution in [2.45, 2.75) is 12.7 Å². The van der Waals surface area contributed by atoms with Crippen LogP contribution < -0.4 is 20.3 Å². The van der Waals surface area contributed by atoms with Gasteiger partial charge < -0.3 is 25.0 Å². The number of nitrogens with one attached hydrogen (secondary N) is 2. The smallest absolute Gasteiger partial charge is 0.418 e. The molecule has 0 unspecified atom stereocenters. The van der Waals surface area contributed by atoms with Gasteiger partial charge in [-0.25, -0.2) is 4.98 Å². The third-order valence-corrected chi connectivity index (χ3v) is 5.35. The van der Waals surface area contributed by atoms with Crippen LogP contribution >= 0.6 is 0 Å². The van der Waals surface area contributed by atoms with E-state index in [2.05, 4.69) is 25.6 Å². The molecule has 1 amide bonds. The van der Waals surface area contributed by atoms with Crippen molar-refractivity contribution in [3.8, 4) is 6.01 Å². The number of amides is 1. The number of hydrogen-bond donors (Lipinski definition) is 2. The lowest BCUT2D eigenvalue weighted by Gasteiger charge is -2.26. The van der Waals surface area contributed by atoms with Gasteiger partial charge in [-0.1, -0.05) is 12.1 Å². The van der Waals surface area contributed by atoms with Gasteiger partial charge in [0.1, 0.15) is 19.0 Å². The van der Waals surface area contributed by atoms with Crippen LogP contribution in [0.3, 0.4) is 0 Å². The second-order valence-corrected chi connectivity index (χ2v) is 7.48. The lowest BCUT2D eigenvalue weighted by atomic mass is 10.1. The van der Waals surface area contributed by atoms with Gasteiger partial charge in [-0.05, 0) is 17.7 Å². The Labute approximate surface area is 185 Å². The molecule has 0 saturated carbocycles. The molecule has 2 N–H and O–H groups in total. The third kappa shape index (κ3) is 4.21. The molecular weight excluding hydrogens is 441 g/mol. The molecule has 2 aliphatic rings. The molecule has 0 spiro atoms. The molecule has 33 heavy (non-hydrogen) atoms. The number of hydrogen-bond acceptors (Lipinski definition) is 8. The summed E-state index contributed by atoms with van der Waals surface area (Å²) in [6, 6.07) is 5.80. The number of carbonyl (C=O) groups is 1. The Hall–Kier alpha value is -3.67. The number of rotatable bonds is 1. The first-order chi connectivity index (χ1) is 15.9. The fourth-order valence-electron chi connectivity index (χ4n) is 3.81. The van der Waals surface area contributed by atoms with E-state index in [1.165, 1.54) is 12.3 Å². The van der Waals surface area contributed by atoms with Crippen molar-refractivity contribution in [1.29, 1.82) is 0 Å². The molecule has 0 atom stereocenters. The first-order valence-corrected chi connectivity index (χ1v) is 10.3. The van der Waals surface area contributed by atoms with E-state index in [0.717, 1.165) is 6.07 Å². The average Bonchev–Trinajstić information content (AvgIpc) is 2.82. The van der Waals surface area contributed by atoms with E-state index >= 15 is 0 Å². The Morgan fingerprint density at radius 2 is 2.00 bits per heavy atom. The van der Waals surface area contributed by atoms with Crippen molar-refractivity contribution in [2.75, 3.05) is 48.4 Å². The van der Waals surface area contributed by atoms with Crippen LogP contribution in [0.15, 0.2) is 30.5 Å². The monoisotopic (exact) mass is 460 g/mol. The number of nitrogens with zero attached hydrogens (tertiary/aromatic N) is 4. The van der Waals surface area contributed by atoms with Crippen LogP contribution in [-0.4, -0.2) is 53.8 Å². The van der Waals surface area contributed by atoms with Crippen LogP contribution in [0.5, 0.6) is 6.01 Å². The van der Waals surface area contributed by atoms with Crippen molar-refractivity contribution in [2.24, 2.45) is 0 Å². The Balaban J connectivity index is 1.55. The summed E-state index contributed by atoms with van der Waals surface area (Å²) >= 11 is 0. The number of carbonyl (C=O) groups excluding carboxylic acids is 1. The summed E-state index contributed by atoms with van der Waals surface area (Å²) < 4.78 is 51.4. The van der Waals surface area contributed by atoms with Gasteiger partial charge in [0.2, 0.25) is 0 Å². The maximum atomic E-state index is 13.6. The van der Waals surface area contributed by atoms with Gasteiger partial charge in [0.25, 0.3) is 5.91 Å². The zero-order valence-corrected chi connectivity index (χ0v) is 17.3. The second kappa shape index (κ2) is 8.35. The zero-order chi connectivity index (χ0) is 23.0. The summed E-state index contributed by atoms with van der Waals surface area (Å²) in [7, 11) is 0. The molecule has 4 heterocycles. The zero-order valence-electron chi connectivity index (χ0n) is 17.3. The molecule has 12 heteroatoms. The number of alkyl halides is 3. The summed E-state index contributed by atoms with van der Waals surface area (Å²) in [5, 5.41) is 6.44.